The summed E-state index contributed by atoms with van der Waals surface area (Å²) in [6.45, 7) is 3.55. The van der Waals surface area contributed by atoms with Crippen molar-refractivity contribution in [2.45, 2.75) is 38.5 Å². The van der Waals surface area contributed by atoms with Crippen molar-refractivity contribution in [1.29, 1.82) is 0 Å². The molecule has 2 heterocycles. The van der Waals surface area contributed by atoms with E-state index in [0.29, 0.717) is 0 Å². The van der Waals surface area contributed by atoms with Crippen LogP contribution in [0.4, 0.5) is 0 Å². The van der Waals surface area contributed by atoms with Crippen molar-refractivity contribution in [2.24, 2.45) is 0 Å². The molecule has 0 atom stereocenters. The Morgan fingerprint density at radius 3 is 2.55 bits per heavy atom. The smallest absolute Gasteiger partial charge is 0.264 e. The molecule has 1 aliphatic heterocycles. The highest BCUT2D eigenvalue weighted by Gasteiger charge is 2.21. The number of hydrogen-bond donors (Lipinski definition) is 1. The van der Waals surface area contributed by atoms with E-state index in [9.17, 15) is 4.79 Å². The van der Waals surface area contributed by atoms with Crippen molar-refractivity contribution < 1.29 is 4.79 Å². The van der Waals surface area contributed by atoms with E-state index in [1.54, 1.807) is 11.3 Å². The van der Waals surface area contributed by atoms with E-state index in [1.807, 2.05) is 4.90 Å². The summed E-state index contributed by atoms with van der Waals surface area (Å²) in [6, 6.07) is 2.18. The summed E-state index contributed by atoms with van der Waals surface area (Å²) >= 11 is 1.75. The van der Waals surface area contributed by atoms with Crippen LogP contribution in [0.2, 0.25) is 0 Å². The van der Waals surface area contributed by atoms with E-state index in [1.165, 1.54) is 49.0 Å². The molecule has 5 heteroatoms. The molecule has 0 unspecified atom stereocenters. The van der Waals surface area contributed by atoms with Gasteiger partial charge in [-0.2, -0.15) is 0 Å². The van der Waals surface area contributed by atoms with Gasteiger partial charge in [0.2, 0.25) is 0 Å². The van der Waals surface area contributed by atoms with Gasteiger partial charge in [-0.3, -0.25) is 4.79 Å². The van der Waals surface area contributed by atoms with Crippen molar-refractivity contribution in [3.05, 3.63) is 21.4 Å². The topological polar surface area (TPSA) is 32.3 Å². The van der Waals surface area contributed by atoms with Gasteiger partial charge in [-0.1, -0.05) is 12.8 Å². The second kappa shape index (κ2) is 7.43. The monoisotopic (exact) mass is 314 g/mol. The van der Waals surface area contributed by atoms with Crippen LogP contribution in [-0.2, 0) is 12.8 Å². The number of halogens is 1. The van der Waals surface area contributed by atoms with Gasteiger partial charge in [0.05, 0.1) is 4.88 Å². The maximum Gasteiger partial charge on any atom is 0.264 e. The number of piperazine rings is 1. The minimum Gasteiger partial charge on any atom is -0.335 e. The number of fused-ring (bicyclic) bond motifs is 1. The van der Waals surface area contributed by atoms with Crippen LogP contribution < -0.4 is 5.32 Å². The van der Waals surface area contributed by atoms with Crippen molar-refractivity contribution in [1.82, 2.24) is 10.2 Å². The zero-order valence-electron chi connectivity index (χ0n) is 11.8. The predicted molar refractivity (Wildman–Crippen MR) is 86.2 cm³/mol. The highest BCUT2D eigenvalue weighted by molar-refractivity contribution is 7.14. The SMILES string of the molecule is Cl.O=C(c1cc2c(s1)CCCCCC2)N1CCNCC1. The highest BCUT2D eigenvalue weighted by Crippen LogP contribution is 2.29. The molecule has 0 saturated carbocycles. The second-order valence-electron chi connectivity index (χ2n) is 5.52. The number of aryl methyl sites for hydroxylation is 2. The summed E-state index contributed by atoms with van der Waals surface area (Å²) < 4.78 is 0. The van der Waals surface area contributed by atoms with Crippen molar-refractivity contribution >= 4 is 29.7 Å². The molecule has 0 bridgehead atoms. The Hall–Kier alpha value is -0.580. The van der Waals surface area contributed by atoms with Crippen LogP contribution in [0.1, 0.15) is 45.8 Å². The molecule has 1 aromatic heterocycles. The summed E-state index contributed by atoms with van der Waals surface area (Å²) in [5, 5.41) is 3.30. The summed E-state index contributed by atoms with van der Waals surface area (Å²) in [5.41, 5.74) is 1.45. The van der Waals surface area contributed by atoms with E-state index in [4.69, 9.17) is 0 Å². The van der Waals surface area contributed by atoms with Crippen molar-refractivity contribution in [2.75, 3.05) is 26.2 Å². The van der Waals surface area contributed by atoms with Gasteiger partial charge >= 0.3 is 0 Å². The molecular formula is C15H23ClN2OS. The van der Waals surface area contributed by atoms with Gasteiger partial charge in [-0.05, 0) is 37.3 Å². The molecule has 1 fully saturated rings. The van der Waals surface area contributed by atoms with Gasteiger partial charge in [0.25, 0.3) is 5.91 Å². The lowest BCUT2D eigenvalue weighted by molar-refractivity contribution is 0.0740. The Kier molecular flexibility index (Phi) is 5.87. The molecule has 0 spiro atoms. The largest absolute Gasteiger partial charge is 0.335 e. The molecule has 1 amide bonds. The van der Waals surface area contributed by atoms with Crippen LogP contribution in [0.3, 0.4) is 0 Å². The Bertz CT molecular complexity index is 429. The summed E-state index contributed by atoms with van der Waals surface area (Å²) in [5.74, 6) is 0.248. The molecule has 0 aromatic carbocycles. The minimum absolute atomic E-state index is 0. The normalized spacial score (nSPS) is 19.5. The fourth-order valence-electron chi connectivity index (χ4n) is 2.97. The Morgan fingerprint density at radius 2 is 1.80 bits per heavy atom. The van der Waals surface area contributed by atoms with Crippen molar-refractivity contribution in [3.63, 3.8) is 0 Å². The van der Waals surface area contributed by atoms with E-state index >= 15 is 0 Å². The lowest BCUT2D eigenvalue weighted by Gasteiger charge is -2.26. The summed E-state index contributed by atoms with van der Waals surface area (Å²) in [6.07, 6.45) is 7.60. The number of carbonyl (C=O) groups is 1. The number of nitrogens with one attached hydrogen (secondary N) is 1. The van der Waals surface area contributed by atoms with Crippen molar-refractivity contribution in [3.8, 4) is 0 Å². The van der Waals surface area contributed by atoms with Crippen LogP contribution in [-0.4, -0.2) is 37.0 Å². The van der Waals surface area contributed by atoms with E-state index in [2.05, 4.69) is 11.4 Å². The van der Waals surface area contributed by atoms with E-state index in [-0.39, 0.29) is 18.3 Å². The van der Waals surface area contributed by atoms with Gasteiger partial charge in [0.1, 0.15) is 0 Å². The first kappa shape index (κ1) is 15.8. The number of amides is 1. The number of rotatable bonds is 1. The molecule has 2 aliphatic rings. The van der Waals surface area contributed by atoms with Gasteiger partial charge < -0.3 is 10.2 Å². The third kappa shape index (κ3) is 3.54. The number of nitrogens with zero attached hydrogens (tertiary/aromatic N) is 1. The van der Waals surface area contributed by atoms with E-state index in [0.717, 1.165) is 31.1 Å². The molecule has 112 valence electrons. The zero-order chi connectivity index (χ0) is 13.1. The van der Waals surface area contributed by atoms with Gasteiger partial charge in [0, 0.05) is 31.1 Å². The maximum atomic E-state index is 12.5. The average molecular weight is 315 g/mol. The van der Waals surface area contributed by atoms with E-state index < -0.39 is 0 Å². The molecule has 20 heavy (non-hydrogen) atoms. The van der Waals surface area contributed by atoms with Gasteiger partial charge in [0.15, 0.2) is 0 Å². The van der Waals surface area contributed by atoms with Gasteiger partial charge in [-0.15, -0.1) is 23.7 Å². The van der Waals surface area contributed by atoms with Crippen LogP contribution in [0.5, 0.6) is 0 Å². The maximum absolute atomic E-state index is 12.5. The third-order valence-corrected chi connectivity index (χ3v) is 5.34. The fraction of sp³-hybridized carbons (Fsp3) is 0.667. The van der Waals surface area contributed by atoms with Crippen LogP contribution >= 0.6 is 23.7 Å². The Morgan fingerprint density at radius 1 is 1.10 bits per heavy atom. The number of hydrogen-bond acceptors (Lipinski definition) is 3. The van der Waals surface area contributed by atoms with Gasteiger partial charge in [-0.25, -0.2) is 0 Å². The number of thiophene rings is 1. The first-order valence-electron chi connectivity index (χ1n) is 7.46. The first-order chi connectivity index (χ1) is 9.34. The molecule has 3 nitrogen and oxygen atoms in total. The lowest BCUT2D eigenvalue weighted by atomic mass is 10.00. The van der Waals surface area contributed by atoms with Crippen LogP contribution in [0.15, 0.2) is 6.07 Å². The summed E-state index contributed by atoms with van der Waals surface area (Å²) in [7, 11) is 0. The fourth-order valence-corrected chi connectivity index (χ4v) is 4.19. The molecule has 1 saturated heterocycles. The molecule has 1 aliphatic carbocycles. The first-order valence-corrected chi connectivity index (χ1v) is 8.28. The second-order valence-corrected chi connectivity index (χ2v) is 6.65. The number of carbonyl (C=O) groups excluding carboxylic acids is 1. The lowest BCUT2D eigenvalue weighted by Crippen LogP contribution is -2.46. The predicted octanol–water partition coefficient (Wildman–Crippen LogP) is 2.87. The average Bonchev–Trinajstić information content (AvgIpc) is 2.81. The molecule has 3 rings (SSSR count). The van der Waals surface area contributed by atoms with Crippen LogP contribution in [0.25, 0.3) is 0 Å². The van der Waals surface area contributed by atoms with Crippen LogP contribution in [0, 0.1) is 0 Å². The Balaban J connectivity index is 0.00000147. The molecule has 1 N–H and O–H groups in total. The minimum atomic E-state index is 0. The highest BCUT2D eigenvalue weighted by atomic mass is 35.5. The quantitative estimate of drug-likeness (QED) is 0.864. The molecular weight excluding hydrogens is 292 g/mol. The molecule has 0 radical (unpaired) electrons. The zero-order valence-corrected chi connectivity index (χ0v) is 13.5. The Labute approximate surface area is 131 Å². The standard InChI is InChI=1S/C15H22N2OS.ClH/c18-15(17-9-7-16-8-10-17)14-11-12-5-3-1-2-4-6-13(12)19-14;/h11,16H,1-10H2;1H. The summed E-state index contributed by atoms with van der Waals surface area (Å²) in [4.78, 5) is 16.9. The molecule has 1 aromatic rings. The third-order valence-electron chi connectivity index (χ3n) is 4.11.